The molecule has 3 amide bonds. The number of carbonyl (C=O) groups excluding carboxylic acids is 3. The number of nitrogens with one attached hydrogen (secondary N) is 2. The lowest BCUT2D eigenvalue weighted by molar-refractivity contribution is -0.151. The summed E-state index contributed by atoms with van der Waals surface area (Å²) in [5.74, 6) is -0.341. The monoisotopic (exact) mass is 554 g/mol. The summed E-state index contributed by atoms with van der Waals surface area (Å²) in [5.41, 5.74) is 1.82. The SMILES string of the molecule is CNC(=O)[C@@H](Cc1ccc(OC)cc1)N(C)C(=O)[C@@H](COCc1ccccc1)N(C)C(=O)COC[C@@H]1CCCN1. The number of likely N-dealkylation sites (N-methyl/N-ethyl adjacent to an activating group) is 3. The molecular weight excluding hydrogens is 512 g/mol. The second kappa shape index (κ2) is 16.0. The number of benzene rings is 2. The highest BCUT2D eigenvalue weighted by molar-refractivity contribution is 5.92. The first-order valence-corrected chi connectivity index (χ1v) is 13.6. The zero-order chi connectivity index (χ0) is 28.9. The van der Waals surface area contributed by atoms with Gasteiger partial charge in [-0.1, -0.05) is 42.5 Å². The highest BCUT2D eigenvalue weighted by Gasteiger charge is 2.35. The summed E-state index contributed by atoms with van der Waals surface area (Å²) >= 11 is 0. The van der Waals surface area contributed by atoms with E-state index in [2.05, 4.69) is 10.6 Å². The van der Waals surface area contributed by atoms with Crippen molar-refractivity contribution in [3.63, 3.8) is 0 Å². The van der Waals surface area contributed by atoms with E-state index in [1.807, 2.05) is 54.6 Å². The number of nitrogens with zero attached hydrogens (tertiary/aromatic N) is 2. The van der Waals surface area contributed by atoms with E-state index >= 15 is 0 Å². The molecule has 2 aromatic carbocycles. The van der Waals surface area contributed by atoms with E-state index in [4.69, 9.17) is 14.2 Å². The molecule has 10 heteroatoms. The summed E-state index contributed by atoms with van der Waals surface area (Å²) < 4.78 is 16.8. The molecule has 10 nitrogen and oxygen atoms in total. The third-order valence-corrected chi connectivity index (χ3v) is 7.19. The number of methoxy groups -OCH3 is 1. The molecule has 1 aliphatic rings. The summed E-state index contributed by atoms with van der Waals surface area (Å²) in [7, 11) is 6.27. The molecule has 218 valence electrons. The first-order valence-electron chi connectivity index (χ1n) is 13.6. The predicted molar refractivity (Wildman–Crippen MR) is 152 cm³/mol. The van der Waals surface area contributed by atoms with Gasteiger partial charge >= 0.3 is 0 Å². The maximum absolute atomic E-state index is 13.9. The largest absolute Gasteiger partial charge is 0.497 e. The van der Waals surface area contributed by atoms with E-state index < -0.39 is 18.0 Å². The Labute approximate surface area is 236 Å². The molecule has 1 fully saturated rings. The van der Waals surface area contributed by atoms with E-state index in [9.17, 15) is 14.4 Å². The Morgan fingerprint density at radius 3 is 2.33 bits per heavy atom. The van der Waals surface area contributed by atoms with Gasteiger partial charge < -0.3 is 34.6 Å². The Balaban J connectivity index is 1.72. The van der Waals surface area contributed by atoms with Crippen LogP contribution in [0.25, 0.3) is 0 Å². The number of amides is 3. The lowest BCUT2D eigenvalue weighted by Gasteiger charge is -2.34. The topological polar surface area (TPSA) is 109 Å². The Hall–Kier alpha value is -3.47. The van der Waals surface area contributed by atoms with Gasteiger partial charge in [0.05, 0.1) is 26.9 Å². The van der Waals surface area contributed by atoms with Crippen LogP contribution in [-0.2, 0) is 36.9 Å². The molecule has 1 heterocycles. The van der Waals surface area contributed by atoms with Gasteiger partial charge in [-0.3, -0.25) is 14.4 Å². The van der Waals surface area contributed by atoms with E-state index in [0.717, 1.165) is 30.5 Å². The molecule has 3 rings (SSSR count). The third-order valence-electron chi connectivity index (χ3n) is 7.19. The van der Waals surface area contributed by atoms with Gasteiger partial charge in [0.25, 0.3) is 0 Å². The van der Waals surface area contributed by atoms with E-state index in [-0.39, 0.29) is 37.7 Å². The van der Waals surface area contributed by atoms with Crippen LogP contribution in [0.1, 0.15) is 24.0 Å². The predicted octanol–water partition coefficient (Wildman–Crippen LogP) is 1.62. The Bertz CT molecular complexity index is 1080. The molecule has 40 heavy (non-hydrogen) atoms. The van der Waals surface area contributed by atoms with Crippen LogP contribution in [0.5, 0.6) is 5.75 Å². The highest BCUT2D eigenvalue weighted by Crippen LogP contribution is 2.16. The molecule has 2 aromatic rings. The molecule has 0 saturated carbocycles. The standard InChI is InChI=1S/C30H42N4O6/c1-31-29(36)26(17-22-12-14-25(38-4)15-13-22)34(3)30(37)27(20-39-18-23-9-6-5-7-10-23)33(2)28(35)21-40-19-24-11-8-16-32-24/h5-7,9-10,12-15,24,26-27,32H,8,11,16-21H2,1-4H3,(H,31,36)/t24-,26+,27+/m0/s1. The first kappa shape index (κ1) is 31.1. The highest BCUT2D eigenvalue weighted by atomic mass is 16.5. The molecule has 0 radical (unpaired) electrons. The van der Waals surface area contributed by atoms with Crippen LogP contribution in [-0.4, -0.2) is 100 Å². The molecule has 1 aliphatic heterocycles. The lowest BCUT2D eigenvalue weighted by atomic mass is 10.0. The van der Waals surface area contributed by atoms with Gasteiger partial charge in [-0.05, 0) is 42.6 Å². The minimum atomic E-state index is -0.947. The van der Waals surface area contributed by atoms with Crippen molar-refractivity contribution in [2.45, 2.75) is 44.0 Å². The fourth-order valence-electron chi connectivity index (χ4n) is 4.62. The van der Waals surface area contributed by atoms with E-state index in [0.29, 0.717) is 18.8 Å². The molecule has 2 N–H and O–H groups in total. The third kappa shape index (κ3) is 9.04. The van der Waals surface area contributed by atoms with Crippen LogP contribution >= 0.6 is 0 Å². The zero-order valence-corrected chi connectivity index (χ0v) is 23.9. The van der Waals surface area contributed by atoms with Crippen LogP contribution in [0.15, 0.2) is 54.6 Å². The number of carbonyl (C=O) groups is 3. The molecule has 1 saturated heterocycles. The van der Waals surface area contributed by atoms with Gasteiger partial charge in [-0.15, -0.1) is 0 Å². The summed E-state index contributed by atoms with van der Waals surface area (Å²) in [5, 5.41) is 6.00. The lowest BCUT2D eigenvalue weighted by Crippen LogP contribution is -2.56. The van der Waals surface area contributed by atoms with E-state index in [1.54, 1.807) is 21.2 Å². The summed E-state index contributed by atoms with van der Waals surface area (Å²) in [6.45, 7) is 1.49. The zero-order valence-electron chi connectivity index (χ0n) is 23.9. The van der Waals surface area contributed by atoms with Crippen LogP contribution in [0.2, 0.25) is 0 Å². The Morgan fingerprint density at radius 2 is 1.70 bits per heavy atom. The van der Waals surface area contributed by atoms with Gasteiger partial charge in [0.2, 0.25) is 17.7 Å². The fourth-order valence-corrected chi connectivity index (χ4v) is 4.62. The van der Waals surface area contributed by atoms with Crippen LogP contribution < -0.4 is 15.4 Å². The van der Waals surface area contributed by atoms with Crippen molar-refractivity contribution in [3.05, 3.63) is 65.7 Å². The maximum atomic E-state index is 13.9. The van der Waals surface area contributed by atoms with Crippen molar-refractivity contribution < 1.29 is 28.6 Å². The minimum absolute atomic E-state index is 0.0342. The molecule has 0 aliphatic carbocycles. The van der Waals surface area contributed by atoms with Crippen molar-refractivity contribution in [1.29, 1.82) is 0 Å². The molecule has 0 bridgehead atoms. The second-order valence-corrected chi connectivity index (χ2v) is 9.96. The van der Waals surface area contributed by atoms with Crippen LogP contribution in [0.3, 0.4) is 0 Å². The smallest absolute Gasteiger partial charge is 0.249 e. The van der Waals surface area contributed by atoms with Gasteiger partial charge in [0.15, 0.2) is 0 Å². The number of rotatable bonds is 15. The van der Waals surface area contributed by atoms with Crippen molar-refractivity contribution in [2.24, 2.45) is 0 Å². The number of ether oxygens (including phenoxy) is 3. The van der Waals surface area contributed by atoms with Crippen molar-refractivity contribution >= 4 is 17.7 Å². The Morgan fingerprint density at radius 1 is 0.975 bits per heavy atom. The number of hydrogen-bond donors (Lipinski definition) is 2. The molecule has 0 aromatic heterocycles. The first-order chi connectivity index (χ1) is 19.3. The molecule has 0 unspecified atom stereocenters. The van der Waals surface area contributed by atoms with Gasteiger partial charge in [0.1, 0.15) is 24.4 Å². The summed E-state index contributed by atoms with van der Waals surface area (Å²) in [6, 6.07) is 15.4. The van der Waals surface area contributed by atoms with Crippen molar-refractivity contribution in [3.8, 4) is 5.75 Å². The van der Waals surface area contributed by atoms with Gasteiger partial charge in [0, 0.05) is 33.6 Å². The van der Waals surface area contributed by atoms with Gasteiger partial charge in [-0.2, -0.15) is 0 Å². The van der Waals surface area contributed by atoms with Crippen molar-refractivity contribution in [1.82, 2.24) is 20.4 Å². The normalized spacial score (nSPS) is 16.1. The second-order valence-electron chi connectivity index (χ2n) is 9.96. The summed E-state index contributed by atoms with van der Waals surface area (Å²) in [4.78, 5) is 42.6. The number of hydrogen-bond acceptors (Lipinski definition) is 7. The molecule has 0 spiro atoms. The minimum Gasteiger partial charge on any atom is -0.497 e. The van der Waals surface area contributed by atoms with E-state index in [1.165, 1.54) is 16.8 Å². The fraction of sp³-hybridized carbons (Fsp3) is 0.500. The molecule has 3 atom stereocenters. The average molecular weight is 555 g/mol. The van der Waals surface area contributed by atoms with Crippen LogP contribution in [0.4, 0.5) is 0 Å². The van der Waals surface area contributed by atoms with Crippen molar-refractivity contribution in [2.75, 3.05) is 54.6 Å². The maximum Gasteiger partial charge on any atom is 0.249 e. The molecular formula is C30H42N4O6. The van der Waals surface area contributed by atoms with Crippen LogP contribution in [0, 0.1) is 0 Å². The average Bonchev–Trinajstić information content (AvgIpc) is 3.51. The summed E-state index contributed by atoms with van der Waals surface area (Å²) in [6.07, 6.45) is 2.39. The quantitative estimate of drug-likeness (QED) is 0.344. The van der Waals surface area contributed by atoms with Gasteiger partial charge in [-0.25, -0.2) is 0 Å². The Kier molecular flexibility index (Phi) is 12.4.